The first kappa shape index (κ1) is 18.9. The fraction of sp³-hybridized carbons (Fsp3) is 0.190. The Balaban J connectivity index is 1.67. The van der Waals surface area contributed by atoms with Crippen molar-refractivity contribution in [3.05, 3.63) is 71.4 Å². The van der Waals surface area contributed by atoms with Gasteiger partial charge in [-0.05, 0) is 48.9 Å². The highest BCUT2D eigenvalue weighted by Crippen LogP contribution is 2.21. The summed E-state index contributed by atoms with van der Waals surface area (Å²) in [6, 6.07) is 16.6. The first-order chi connectivity index (χ1) is 13.2. The highest BCUT2D eigenvalue weighted by atomic mass is 35.5. The van der Waals surface area contributed by atoms with Crippen molar-refractivity contribution in [3.8, 4) is 11.3 Å². The maximum atomic E-state index is 12.0. The molecular weight excluding hydrogens is 360 g/mol. The molecule has 6 heteroatoms. The minimum absolute atomic E-state index is 0.0593. The van der Waals surface area contributed by atoms with Crippen molar-refractivity contribution in [2.75, 3.05) is 11.9 Å². The van der Waals surface area contributed by atoms with Gasteiger partial charge < -0.3 is 10.6 Å². The van der Waals surface area contributed by atoms with E-state index in [1.165, 1.54) is 0 Å². The van der Waals surface area contributed by atoms with Crippen LogP contribution in [0.3, 0.4) is 0 Å². The minimum atomic E-state index is -0.0593. The Bertz CT molecular complexity index is 895. The molecule has 1 amide bonds. The Hall–Kier alpha value is -2.92. The molecule has 1 aromatic heterocycles. The molecule has 0 saturated heterocycles. The van der Waals surface area contributed by atoms with Crippen LogP contribution in [0.15, 0.2) is 60.8 Å². The molecule has 0 fully saturated rings. The van der Waals surface area contributed by atoms with Crippen LogP contribution >= 0.6 is 11.6 Å². The van der Waals surface area contributed by atoms with Crippen LogP contribution in [0.5, 0.6) is 0 Å². The van der Waals surface area contributed by atoms with Crippen molar-refractivity contribution in [2.24, 2.45) is 0 Å². The fourth-order valence-corrected chi connectivity index (χ4v) is 2.64. The zero-order valence-corrected chi connectivity index (χ0v) is 15.8. The normalized spacial score (nSPS) is 10.4. The van der Waals surface area contributed by atoms with E-state index in [1.54, 1.807) is 18.3 Å². The average Bonchev–Trinajstić information content (AvgIpc) is 2.69. The Morgan fingerprint density at radius 2 is 1.78 bits per heavy atom. The van der Waals surface area contributed by atoms with E-state index in [4.69, 9.17) is 11.6 Å². The highest BCUT2D eigenvalue weighted by molar-refractivity contribution is 6.30. The monoisotopic (exact) mass is 380 g/mol. The van der Waals surface area contributed by atoms with Gasteiger partial charge in [0, 0.05) is 34.6 Å². The highest BCUT2D eigenvalue weighted by Gasteiger charge is 2.06. The summed E-state index contributed by atoms with van der Waals surface area (Å²) in [7, 11) is 0. The maximum Gasteiger partial charge on any atom is 0.251 e. The van der Waals surface area contributed by atoms with Gasteiger partial charge in [0.2, 0.25) is 5.95 Å². The van der Waals surface area contributed by atoms with Crippen molar-refractivity contribution in [2.45, 2.75) is 19.8 Å². The van der Waals surface area contributed by atoms with E-state index in [1.807, 2.05) is 42.5 Å². The third kappa shape index (κ3) is 5.28. The summed E-state index contributed by atoms with van der Waals surface area (Å²) < 4.78 is 0. The van der Waals surface area contributed by atoms with E-state index >= 15 is 0 Å². The molecule has 0 radical (unpaired) electrons. The van der Waals surface area contributed by atoms with Crippen LogP contribution in [-0.4, -0.2) is 22.4 Å². The first-order valence-corrected chi connectivity index (χ1v) is 9.28. The molecular formula is C21H21ClN4O. The molecule has 2 aromatic carbocycles. The molecule has 0 aliphatic heterocycles. The molecule has 0 aliphatic carbocycles. The van der Waals surface area contributed by atoms with Gasteiger partial charge in [0.15, 0.2) is 0 Å². The molecule has 2 N–H and O–H groups in total. The number of rotatable bonds is 7. The minimum Gasteiger partial charge on any atom is -0.352 e. The van der Waals surface area contributed by atoms with Crippen molar-refractivity contribution in [3.63, 3.8) is 0 Å². The van der Waals surface area contributed by atoms with Crippen molar-refractivity contribution >= 4 is 29.1 Å². The third-order valence-corrected chi connectivity index (χ3v) is 4.27. The van der Waals surface area contributed by atoms with Gasteiger partial charge in [0.05, 0.1) is 5.69 Å². The van der Waals surface area contributed by atoms with Crippen LogP contribution in [0.25, 0.3) is 11.3 Å². The number of hydrogen-bond donors (Lipinski definition) is 2. The second-order valence-electron chi connectivity index (χ2n) is 6.08. The van der Waals surface area contributed by atoms with Crippen LogP contribution in [0.4, 0.5) is 11.6 Å². The number of amides is 1. The number of hydrogen-bond acceptors (Lipinski definition) is 4. The van der Waals surface area contributed by atoms with Gasteiger partial charge >= 0.3 is 0 Å². The molecule has 3 rings (SSSR count). The zero-order valence-electron chi connectivity index (χ0n) is 15.1. The Morgan fingerprint density at radius 3 is 2.48 bits per heavy atom. The van der Waals surface area contributed by atoms with E-state index in [-0.39, 0.29) is 5.91 Å². The first-order valence-electron chi connectivity index (χ1n) is 8.90. The molecule has 5 nitrogen and oxygen atoms in total. The molecule has 0 aliphatic rings. The lowest BCUT2D eigenvalue weighted by atomic mass is 10.1. The van der Waals surface area contributed by atoms with E-state index in [0.29, 0.717) is 23.1 Å². The quantitative estimate of drug-likeness (QED) is 0.561. The van der Waals surface area contributed by atoms with E-state index in [9.17, 15) is 4.79 Å². The summed E-state index contributed by atoms with van der Waals surface area (Å²) in [6.45, 7) is 2.79. The van der Waals surface area contributed by atoms with Gasteiger partial charge in [0.1, 0.15) is 0 Å². The molecule has 0 bridgehead atoms. The summed E-state index contributed by atoms with van der Waals surface area (Å²) in [6.07, 6.45) is 3.74. The summed E-state index contributed by atoms with van der Waals surface area (Å²) >= 11 is 5.93. The number of halogens is 1. The van der Waals surface area contributed by atoms with Crippen molar-refractivity contribution < 1.29 is 4.79 Å². The van der Waals surface area contributed by atoms with Gasteiger partial charge in [-0.1, -0.05) is 37.1 Å². The van der Waals surface area contributed by atoms with Gasteiger partial charge in [-0.15, -0.1) is 0 Å². The third-order valence-electron chi connectivity index (χ3n) is 4.01. The molecule has 1 heterocycles. The van der Waals surface area contributed by atoms with Crippen molar-refractivity contribution in [1.29, 1.82) is 0 Å². The van der Waals surface area contributed by atoms with E-state index in [2.05, 4.69) is 27.5 Å². The van der Waals surface area contributed by atoms with Crippen LogP contribution in [0.2, 0.25) is 5.02 Å². The fourth-order valence-electron chi connectivity index (χ4n) is 2.52. The van der Waals surface area contributed by atoms with Crippen LogP contribution in [0.1, 0.15) is 30.1 Å². The number of nitrogens with zero attached hydrogens (tertiary/aromatic N) is 2. The molecule has 27 heavy (non-hydrogen) atoms. The SMILES string of the molecule is CCCCNC(=O)c1ccc(Nc2nccc(-c3ccc(Cl)cc3)n2)cc1. The molecule has 3 aromatic rings. The summed E-state index contributed by atoms with van der Waals surface area (Å²) in [5.74, 6) is 0.429. The zero-order chi connectivity index (χ0) is 19.1. The lowest BCUT2D eigenvalue weighted by molar-refractivity contribution is 0.0953. The number of aromatic nitrogens is 2. The number of benzene rings is 2. The summed E-state index contributed by atoms with van der Waals surface area (Å²) in [5.41, 5.74) is 3.21. The van der Waals surface area contributed by atoms with E-state index in [0.717, 1.165) is 29.8 Å². The lowest BCUT2D eigenvalue weighted by Crippen LogP contribution is -2.24. The Kier molecular flexibility index (Phi) is 6.39. The van der Waals surface area contributed by atoms with Crippen LogP contribution in [0, 0.1) is 0 Å². The van der Waals surface area contributed by atoms with Crippen LogP contribution < -0.4 is 10.6 Å². The topological polar surface area (TPSA) is 66.9 Å². The molecule has 138 valence electrons. The average molecular weight is 381 g/mol. The number of nitrogens with one attached hydrogen (secondary N) is 2. The predicted molar refractivity (Wildman–Crippen MR) is 109 cm³/mol. The standard InChI is InChI=1S/C21H21ClN4O/c1-2-3-13-23-20(27)16-6-10-18(11-7-16)25-21-24-14-12-19(26-21)15-4-8-17(22)9-5-15/h4-12,14H,2-3,13H2,1H3,(H,23,27)(H,24,25,26). The predicted octanol–water partition coefficient (Wildman–Crippen LogP) is 5.07. The number of carbonyl (C=O) groups excluding carboxylic acids is 1. The second-order valence-corrected chi connectivity index (χ2v) is 6.52. The maximum absolute atomic E-state index is 12.0. The largest absolute Gasteiger partial charge is 0.352 e. The lowest BCUT2D eigenvalue weighted by Gasteiger charge is -2.08. The molecule has 0 atom stereocenters. The number of carbonyl (C=O) groups is 1. The smallest absolute Gasteiger partial charge is 0.251 e. The number of anilines is 2. The van der Waals surface area contributed by atoms with Gasteiger partial charge in [-0.3, -0.25) is 4.79 Å². The summed E-state index contributed by atoms with van der Waals surface area (Å²) in [5, 5.41) is 6.75. The summed E-state index contributed by atoms with van der Waals surface area (Å²) in [4.78, 5) is 20.8. The Labute approximate surface area is 163 Å². The molecule has 0 saturated carbocycles. The van der Waals surface area contributed by atoms with Crippen molar-refractivity contribution in [1.82, 2.24) is 15.3 Å². The second kappa shape index (κ2) is 9.14. The van der Waals surface area contributed by atoms with Gasteiger partial charge in [0.25, 0.3) is 5.91 Å². The van der Waals surface area contributed by atoms with Gasteiger partial charge in [-0.25, -0.2) is 9.97 Å². The van der Waals surface area contributed by atoms with E-state index < -0.39 is 0 Å². The Morgan fingerprint density at radius 1 is 1.04 bits per heavy atom. The molecule has 0 spiro atoms. The molecule has 0 unspecified atom stereocenters. The number of unbranched alkanes of at least 4 members (excludes halogenated alkanes) is 1. The van der Waals surface area contributed by atoms with Crippen LogP contribution in [-0.2, 0) is 0 Å². The van der Waals surface area contributed by atoms with Gasteiger partial charge in [-0.2, -0.15) is 0 Å².